The number of hydrogen-bond acceptors (Lipinski definition) is 3. The van der Waals surface area contributed by atoms with E-state index in [1.807, 2.05) is 13.1 Å². The third-order valence-corrected chi connectivity index (χ3v) is 3.31. The Labute approximate surface area is 91.4 Å². The maximum Gasteiger partial charge on any atom is 0.120 e. The Morgan fingerprint density at radius 1 is 1.67 bits per heavy atom. The minimum absolute atomic E-state index is 0.418. The number of rotatable bonds is 4. The minimum atomic E-state index is 0.418. The molecule has 1 fully saturated rings. The van der Waals surface area contributed by atoms with Crippen molar-refractivity contribution in [1.82, 2.24) is 10.2 Å². The molecule has 1 aromatic rings. The smallest absolute Gasteiger partial charge is 0.120 e. The molecule has 2 unspecified atom stereocenters. The van der Waals surface area contributed by atoms with Crippen molar-refractivity contribution in [2.75, 3.05) is 26.7 Å². The summed E-state index contributed by atoms with van der Waals surface area (Å²) in [6.07, 6.45) is 3.05. The van der Waals surface area contributed by atoms with E-state index in [9.17, 15) is 0 Å². The minimum Gasteiger partial charge on any atom is -0.468 e. The van der Waals surface area contributed by atoms with Gasteiger partial charge in [0.05, 0.1) is 12.3 Å². The third kappa shape index (κ3) is 2.41. The Balaban J connectivity index is 1.90. The second-order valence-corrected chi connectivity index (χ2v) is 4.40. The molecule has 1 saturated heterocycles. The highest BCUT2D eigenvalue weighted by Crippen LogP contribution is 2.27. The Morgan fingerprint density at radius 2 is 2.53 bits per heavy atom. The average molecular weight is 208 g/mol. The van der Waals surface area contributed by atoms with E-state index in [4.69, 9.17) is 4.42 Å². The molecule has 1 aliphatic rings. The lowest BCUT2D eigenvalue weighted by molar-refractivity contribution is 0.223. The molecule has 1 aliphatic heterocycles. The Morgan fingerprint density at radius 3 is 3.20 bits per heavy atom. The summed E-state index contributed by atoms with van der Waals surface area (Å²) in [7, 11) is 2.03. The van der Waals surface area contributed by atoms with Crippen molar-refractivity contribution in [3.05, 3.63) is 24.2 Å². The normalized spacial score (nSPS) is 24.5. The number of hydrogen-bond donors (Lipinski definition) is 1. The third-order valence-electron chi connectivity index (χ3n) is 3.31. The van der Waals surface area contributed by atoms with Crippen LogP contribution in [-0.2, 0) is 0 Å². The van der Waals surface area contributed by atoms with Crippen LogP contribution in [0, 0.1) is 5.92 Å². The molecule has 0 bridgehead atoms. The molecule has 0 radical (unpaired) electrons. The molecular weight excluding hydrogens is 188 g/mol. The first-order chi connectivity index (χ1) is 7.31. The van der Waals surface area contributed by atoms with Crippen LogP contribution in [0.1, 0.15) is 25.1 Å². The van der Waals surface area contributed by atoms with Gasteiger partial charge in [0.1, 0.15) is 5.76 Å². The lowest BCUT2D eigenvalue weighted by Crippen LogP contribution is -2.26. The molecule has 1 N–H and O–H groups in total. The van der Waals surface area contributed by atoms with Gasteiger partial charge in [-0.3, -0.25) is 4.90 Å². The summed E-state index contributed by atoms with van der Waals surface area (Å²) in [6, 6.07) is 4.45. The van der Waals surface area contributed by atoms with E-state index in [1.54, 1.807) is 6.26 Å². The molecule has 0 aliphatic carbocycles. The van der Waals surface area contributed by atoms with Gasteiger partial charge in [0.15, 0.2) is 0 Å². The molecule has 84 valence electrons. The molecule has 2 rings (SSSR count). The molecule has 0 spiro atoms. The fraction of sp³-hybridized carbons (Fsp3) is 0.667. The molecule has 3 nitrogen and oxygen atoms in total. The van der Waals surface area contributed by atoms with Crippen LogP contribution in [0.2, 0.25) is 0 Å². The van der Waals surface area contributed by atoms with Crippen LogP contribution < -0.4 is 5.32 Å². The van der Waals surface area contributed by atoms with Gasteiger partial charge in [-0.1, -0.05) is 0 Å². The zero-order chi connectivity index (χ0) is 10.7. The van der Waals surface area contributed by atoms with Gasteiger partial charge in [-0.2, -0.15) is 0 Å². The van der Waals surface area contributed by atoms with Crippen molar-refractivity contribution in [3.8, 4) is 0 Å². The van der Waals surface area contributed by atoms with Crippen molar-refractivity contribution in [2.45, 2.75) is 19.4 Å². The number of likely N-dealkylation sites (tertiary alicyclic amines) is 1. The fourth-order valence-corrected chi connectivity index (χ4v) is 2.38. The predicted octanol–water partition coefficient (Wildman–Crippen LogP) is 1.88. The first-order valence-electron chi connectivity index (χ1n) is 5.73. The van der Waals surface area contributed by atoms with E-state index in [-0.39, 0.29) is 0 Å². The SMILES string of the molecule is CNCC1CCN(C(C)c2ccco2)C1. The lowest BCUT2D eigenvalue weighted by Gasteiger charge is -2.22. The number of nitrogens with one attached hydrogen (secondary N) is 1. The average Bonchev–Trinajstić information content (AvgIpc) is 2.87. The summed E-state index contributed by atoms with van der Waals surface area (Å²) in [6.45, 7) is 5.72. The number of nitrogens with zero attached hydrogens (tertiary/aromatic N) is 1. The van der Waals surface area contributed by atoms with Gasteiger partial charge >= 0.3 is 0 Å². The van der Waals surface area contributed by atoms with Crippen LogP contribution >= 0.6 is 0 Å². The lowest BCUT2D eigenvalue weighted by atomic mass is 10.1. The molecule has 2 atom stereocenters. The van der Waals surface area contributed by atoms with Crippen LogP contribution in [-0.4, -0.2) is 31.6 Å². The zero-order valence-corrected chi connectivity index (χ0v) is 9.57. The van der Waals surface area contributed by atoms with Gasteiger partial charge in [-0.25, -0.2) is 0 Å². The van der Waals surface area contributed by atoms with E-state index in [0.717, 1.165) is 18.2 Å². The van der Waals surface area contributed by atoms with E-state index in [0.29, 0.717) is 6.04 Å². The van der Waals surface area contributed by atoms with Crippen LogP contribution in [0.5, 0.6) is 0 Å². The van der Waals surface area contributed by atoms with E-state index < -0.39 is 0 Å². The second-order valence-electron chi connectivity index (χ2n) is 4.40. The Kier molecular flexibility index (Phi) is 3.44. The summed E-state index contributed by atoms with van der Waals surface area (Å²) >= 11 is 0. The zero-order valence-electron chi connectivity index (χ0n) is 9.57. The van der Waals surface area contributed by atoms with Gasteiger partial charge in [0.2, 0.25) is 0 Å². The van der Waals surface area contributed by atoms with E-state index in [2.05, 4.69) is 23.2 Å². The molecule has 15 heavy (non-hydrogen) atoms. The topological polar surface area (TPSA) is 28.4 Å². The van der Waals surface area contributed by atoms with E-state index in [1.165, 1.54) is 19.5 Å². The summed E-state index contributed by atoms with van der Waals surface area (Å²) in [5.41, 5.74) is 0. The highest BCUT2D eigenvalue weighted by atomic mass is 16.3. The highest BCUT2D eigenvalue weighted by molar-refractivity contribution is 5.04. The Hall–Kier alpha value is -0.800. The van der Waals surface area contributed by atoms with Crippen molar-refractivity contribution < 1.29 is 4.42 Å². The summed E-state index contributed by atoms with van der Waals surface area (Å²) in [4.78, 5) is 2.50. The van der Waals surface area contributed by atoms with Crippen LogP contribution in [0.15, 0.2) is 22.8 Å². The molecule has 0 amide bonds. The summed E-state index contributed by atoms with van der Waals surface area (Å²) < 4.78 is 5.45. The van der Waals surface area contributed by atoms with Crippen LogP contribution in [0.4, 0.5) is 0 Å². The monoisotopic (exact) mass is 208 g/mol. The van der Waals surface area contributed by atoms with Gasteiger partial charge in [0, 0.05) is 6.54 Å². The van der Waals surface area contributed by atoms with Crippen molar-refractivity contribution in [2.24, 2.45) is 5.92 Å². The Bertz CT molecular complexity index is 284. The summed E-state index contributed by atoms with van der Waals surface area (Å²) in [5, 5.41) is 3.25. The quantitative estimate of drug-likeness (QED) is 0.819. The molecule has 2 heterocycles. The highest BCUT2D eigenvalue weighted by Gasteiger charge is 2.27. The maximum absolute atomic E-state index is 5.45. The van der Waals surface area contributed by atoms with Crippen molar-refractivity contribution in [3.63, 3.8) is 0 Å². The molecule has 3 heteroatoms. The number of furan rings is 1. The molecule has 0 saturated carbocycles. The molecule has 0 aromatic carbocycles. The van der Waals surface area contributed by atoms with Gasteiger partial charge < -0.3 is 9.73 Å². The van der Waals surface area contributed by atoms with Gasteiger partial charge in [-0.05, 0) is 51.5 Å². The second kappa shape index (κ2) is 4.81. The molecular formula is C12H20N2O. The van der Waals surface area contributed by atoms with E-state index >= 15 is 0 Å². The first kappa shape index (κ1) is 10.7. The fourth-order valence-electron chi connectivity index (χ4n) is 2.38. The standard InChI is InChI=1S/C12H20N2O/c1-10(12-4-3-7-15-12)14-6-5-11(9-14)8-13-2/h3-4,7,10-11,13H,5-6,8-9H2,1-2H3. The predicted molar refractivity (Wildman–Crippen MR) is 60.7 cm³/mol. The molecule has 1 aromatic heterocycles. The van der Waals surface area contributed by atoms with Crippen LogP contribution in [0.25, 0.3) is 0 Å². The largest absolute Gasteiger partial charge is 0.468 e. The van der Waals surface area contributed by atoms with Crippen LogP contribution in [0.3, 0.4) is 0 Å². The van der Waals surface area contributed by atoms with Gasteiger partial charge in [0.25, 0.3) is 0 Å². The van der Waals surface area contributed by atoms with Gasteiger partial charge in [-0.15, -0.1) is 0 Å². The van der Waals surface area contributed by atoms with Crippen molar-refractivity contribution in [1.29, 1.82) is 0 Å². The van der Waals surface area contributed by atoms with Crippen molar-refractivity contribution >= 4 is 0 Å². The summed E-state index contributed by atoms with van der Waals surface area (Å²) in [5.74, 6) is 1.88. The maximum atomic E-state index is 5.45. The first-order valence-corrected chi connectivity index (χ1v) is 5.73.